The van der Waals surface area contributed by atoms with Crippen molar-refractivity contribution >= 4 is 5.91 Å². The van der Waals surface area contributed by atoms with Gasteiger partial charge < -0.3 is 20.3 Å². The molecule has 6 nitrogen and oxygen atoms in total. The van der Waals surface area contributed by atoms with Crippen LogP contribution in [0.5, 0.6) is 0 Å². The summed E-state index contributed by atoms with van der Waals surface area (Å²) in [7, 11) is 0. The molecule has 2 atom stereocenters. The second-order valence-electron chi connectivity index (χ2n) is 5.32. The van der Waals surface area contributed by atoms with Crippen LogP contribution in [-0.4, -0.2) is 39.3 Å². The zero-order chi connectivity index (χ0) is 15.5. The smallest absolute Gasteiger partial charge is 0.237 e. The van der Waals surface area contributed by atoms with Crippen LogP contribution < -0.4 is 10.6 Å². The van der Waals surface area contributed by atoms with E-state index in [4.69, 9.17) is 0 Å². The van der Waals surface area contributed by atoms with Gasteiger partial charge in [-0.25, -0.2) is 9.37 Å². The minimum Gasteiger partial charge on any atom is -0.392 e. The molecule has 1 aromatic carbocycles. The monoisotopic (exact) mass is 304 g/mol. The molecule has 3 N–H and O–H groups in total. The number of amides is 1. The van der Waals surface area contributed by atoms with Crippen LogP contribution in [0.3, 0.4) is 0 Å². The van der Waals surface area contributed by atoms with Crippen molar-refractivity contribution in [3.05, 3.63) is 48.3 Å². The standard InChI is InChI=1S/C15H17FN4O2/c16-12-5-10(1-2-14(12)20-4-3-17-9-20)7-19-15(22)13-6-11(21)8-18-13/h1-5,9,11,13,18,21H,6-8H2,(H,19,22)/t11-,13-/m1/s1. The van der Waals surface area contributed by atoms with Gasteiger partial charge in [0.25, 0.3) is 0 Å². The summed E-state index contributed by atoms with van der Waals surface area (Å²) in [5.41, 5.74) is 1.08. The summed E-state index contributed by atoms with van der Waals surface area (Å²) >= 11 is 0. The maximum atomic E-state index is 14.1. The van der Waals surface area contributed by atoms with Gasteiger partial charge in [-0.2, -0.15) is 0 Å². The minimum atomic E-state index is -0.484. The molecule has 0 bridgehead atoms. The number of imidazole rings is 1. The van der Waals surface area contributed by atoms with Crippen molar-refractivity contribution in [2.45, 2.75) is 25.1 Å². The van der Waals surface area contributed by atoms with Crippen LogP contribution in [0.4, 0.5) is 4.39 Å². The third-order valence-corrected chi connectivity index (χ3v) is 3.69. The molecule has 116 valence electrons. The molecule has 1 amide bonds. The van der Waals surface area contributed by atoms with Gasteiger partial charge in [0.2, 0.25) is 5.91 Å². The number of carbonyl (C=O) groups is 1. The molecule has 0 aliphatic carbocycles. The molecule has 1 aromatic heterocycles. The summed E-state index contributed by atoms with van der Waals surface area (Å²) in [5, 5.41) is 15.1. The fourth-order valence-corrected chi connectivity index (χ4v) is 2.50. The quantitative estimate of drug-likeness (QED) is 0.761. The number of hydrogen-bond acceptors (Lipinski definition) is 4. The molecule has 3 rings (SSSR count). The van der Waals surface area contributed by atoms with E-state index >= 15 is 0 Å². The van der Waals surface area contributed by atoms with E-state index in [1.165, 1.54) is 12.4 Å². The van der Waals surface area contributed by atoms with Gasteiger partial charge in [0.05, 0.1) is 24.2 Å². The van der Waals surface area contributed by atoms with Crippen molar-refractivity contribution in [2.75, 3.05) is 6.54 Å². The fourth-order valence-electron chi connectivity index (χ4n) is 2.50. The number of hydrogen-bond donors (Lipinski definition) is 3. The number of rotatable bonds is 4. The summed E-state index contributed by atoms with van der Waals surface area (Å²) in [6.45, 7) is 0.667. The van der Waals surface area contributed by atoms with Crippen molar-refractivity contribution in [3.63, 3.8) is 0 Å². The fraction of sp³-hybridized carbons (Fsp3) is 0.333. The molecule has 0 spiro atoms. The lowest BCUT2D eigenvalue weighted by Crippen LogP contribution is -2.40. The second-order valence-corrected chi connectivity index (χ2v) is 5.32. The Morgan fingerprint density at radius 3 is 3.05 bits per heavy atom. The van der Waals surface area contributed by atoms with Crippen LogP contribution in [0.15, 0.2) is 36.9 Å². The van der Waals surface area contributed by atoms with Crippen LogP contribution in [-0.2, 0) is 11.3 Å². The van der Waals surface area contributed by atoms with Gasteiger partial charge in [0.15, 0.2) is 0 Å². The van der Waals surface area contributed by atoms with E-state index in [0.717, 1.165) is 0 Å². The Morgan fingerprint density at radius 1 is 1.55 bits per heavy atom. The molecular formula is C15H17FN4O2. The normalized spacial score (nSPS) is 21.0. The summed E-state index contributed by atoms with van der Waals surface area (Å²) in [5.74, 6) is -0.560. The van der Waals surface area contributed by atoms with Crippen LogP contribution in [0.25, 0.3) is 5.69 Å². The van der Waals surface area contributed by atoms with Crippen LogP contribution >= 0.6 is 0 Å². The average molecular weight is 304 g/mol. The van der Waals surface area contributed by atoms with Crippen molar-refractivity contribution in [1.29, 1.82) is 0 Å². The van der Waals surface area contributed by atoms with Gasteiger partial charge in [0.1, 0.15) is 5.82 Å². The van der Waals surface area contributed by atoms with E-state index in [1.54, 1.807) is 29.1 Å². The Morgan fingerprint density at radius 2 is 2.41 bits per heavy atom. The van der Waals surface area contributed by atoms with Crippen molar-refractivity contribution < 1.29 is 14.3 Å². The maximum absolute atomic E-state index is 14.1. The summed E-state index contributed by atoms with van der Waals surface area (Å²) < 4.78 is 15.7. The highest BCUT2D eigenvalue weighted by atomic mass is 19.1. The molecule has 2 aromatic rings. The van der Waals surface area contributed by atoms with E-state index in [-0.39, 0.29) is 24.3 Å². The van der Waals surface area contributed by atoms with Crippen LogP contribution in [0.2, 0.25) is 0 Å². The second kappa shape index (κ2) is 6.25. The lowest BCUT2D eigenvalue weighted by atomic mass is 10.1. The molecule has 0 radical (unpaired) electrons. The third kappa shape index (κ3) is 3.15. The summed E-state index contributed by atoms with van der Waals surface area (Å²) in [6, 6.07) is 4.42. The minimum absolute atomic E-state index is 0.185. The number of nitrogens with zero attached hydrogens (tertiary/aromatic N) is 2. The van der Waals surface area contributed by atoms with E-state index in [2.05, 4.69) is 15.6 Å². The number of halogens is 1. The molecule has 22 heavy (non-hydrogen) atoms. The zero-order valence-electron chi connectivity index (χ0n) is 11.9. The number of aliphatic hydroxyl groups excluding tert-OH is 1. The first kappa shape index (κ1) is 14.7. The van der Waals surface area contributed by atoms with Crippen LogP contribution in [0, 0.1) is 5.82 Å². The Balaban J connectivity index is 1.61. The largest absolute Gasteiger partial charge is 0.392 e. The topological polar surface area (TPSA) is 79.2 Å². The number of benzene rings is 1. The van der Waals surface area contributed by atoms with Crippen molar-refractivity contribution in [2.24, 2.45) is 0 Å². The Hall–Kier alpha value is -2.25. The summed E-state index contributed by atoms with van der Waals surface area (Å²) in [4.78, 5) is 15.8. The first-order valence-corrected chi connectivity index (χ1v) is 7.09. The van der Waals surface area contributed by atoms with E-state index in [1.807, 2.05) is 0 Å². The Bertz CT molecular complexity index is 660. The highest BCUT2D eigenvalue weighted by Gasteiger charge is 2.27. The molecule has 2 heterocycles. The first-order valence-electron chi connectivity index (χ1n) is 7.09. The molecule has 1 fully saturated rings. The molecule has 0 saturated carbocycles. The first-order chi connectivity index (χ1) is 10.6. The number of aliphatic hydroxyl groups is 1. The molecule has 0 unspecified atom stereocenters. The molecule has 1 aliphatic heterocycles. The van der Waals surface area contributed by atoms with Gasteiger partial charge >= 0.3 is 0 Å². The molecule has 1 saturated heterocycles. The predicted molar refractivity (Wildman–Crippen MR) is 77.8 cm³/mol. The average Bonchev–Trinajstić information content (AvgIpc) is 3.16. The Kier molecular flexibility index (Phi) is 4.17. The van der Waals surface area contributed by atoms with Crippen molar-refractivity contribution in [1.82, 2.24) is 20.2 Å². The van der Waals surface area contributed by atoms with Gasteiger partial charge in [-0.05, 0) is 24.1 Å². The van der Waals surface area contributed by atoms with Gasteiger partial charge in [-0.1, -0.05) is 6.07 Å². The molecule has 7 heteroatoms. The molecular weight excluding hydrogens is 287 g/mol. The van der Waals surface area contributed by atoms with E-state index in [0.29, 0.717) is 24.2 Å². The SMILES string of the molecule is O=C(NCc1ccc(-n2ccnc2)c(F)c1)[C@H]1C[C@@H](O)CN1. The highest BCUT2D eigenvalue weighted by molar-refractivity contribution is 5.82. The highest BCUT2D eigenvalue weighted by Crippen LogP contribution is 2.15. The Labute approximate surface area is 127 Å². The van der Waals surface area contributed by atoms with Crippen molar-refractivity contribution in [3.8, 4) is 5.69 Å². The van der Waals surface area contributed by atoms with Crippen LogP contribution in [0.1, 0.15) is 12.0 Å². The molecule has 1 aliphatic rings. The van der Waals surface area contributed by atoms with Gasteiger partial charge in [0, 0.05) is 25.5 Å². The number of nitrogens with one attached hydrogen (secondary N) is 2. The van der Waals surface area contributed by atoms with Gasteiger partial charge in [-0.3, -0.25) is 4.79 Å². The van der Waals surface area contributed by atoms with E-state index < -0.39 is 6.10 Å². The lowest BCUT2D eigenvalue weighted by molar-refractivity contribution is -0.123. The number of aromatic nitrogens is 2. The third-order valence-electron chi connectivity index (χ3n) is 3.69. The zero-order valence-corrected chi connectivity index (χ0v) is 11.9. The summed E-state index contributed by atoms with van der Waals surface area (Å²) in [6.07, 6.45) is 4.69. The van der Waals surface area contributed by atoms with E-state index in [9.17, 15) is 14.3 Å². The number of carbonyl (C=O) groups excluding carboxylic acids is 1. The lowest BCUT2D eigenvalue weighted by Gasteiger charge is -2.12. The maximum Gasteiger partial charge on any atom is 0.237 e. The number of β-amino-alcohol motifs (C(OH)–C–C–N with tert-alkyl or cyclic N) is 1. The predicted octanol–water partition coefficient (Wildman–Crippen LogP) is 0.350. The van der Waals surface area contributed by atoms with Gasteiger partial charge in [-0.15, -0.1) is 0 Å².